The van der Waals surface area contributed by atoms with Crippen molar-refractivity contribution in [2.75, 3.05) is 0 Å². The summed E-state index contributed by atoms with van der Waals surface area (Å²) in [5.74, 6) is 0. The molecule has 0 saturated heterocycles. The summed E-state index contributed by atoms with van der Waals surface area (Å²) in [6.07, 6.45) is 43.0. The van der Waals surface area contributed by atoms with Gasteiger partial charge in [-0.2, -0.15) is 0 Å². The summed E-state index contributed by atoms with van der Waals surface area (Å²) in [6.45, 7) is 13.9. The number of benzene rings is 2. The summed E-state index contributed by atoms with van der Waals surface area (Å²) in [7, 11) is 1.25. The van der Waals surface area contributed by atoms with E-state index in [0.717, 1.165) is 75.6 Å². The Morgan fingerprint density at radius 2 is 0.574 bits per heavy atom. The van der Waals surface area contributed by atoms with Crippen LogP contribution in [0.1, 0.15) is 268 Å². The Morgan fingerprint density at radius 1 is 0.344 bits per heavy atom. The van der Waals surface area contributed by atoms with Gasteiger partial charge in [-0.1, -0.05) is 195 Å². The fraction of sp³-hybridized carbons (Fsp3) is 0.714. The molecule has 1 aliphatic heterocycles. The van der Waals surface area contributed by atoms with Crippen LogP contribution < -0.4 is 0 Å². The average Bonchev–Trinajstić information content (AvgIpc) is 3.54. The van der Waals surface area contributed by atoms with Crippen molar-refractivity contribution in [3.05, 3.63) is 86.5 Å². The van der Waals surface area contributed by atoms with Crippen LogP contribution in [0.25, 0.3) is 16.9 Å². The van der Waals surface area contributed by atoms with Crippen LogP contribution in [0.2, 0.25) is 0 Å². The predicted octanol–water partition coefficient (Wildman–Crippen LogP) is 20.5. The molecule has 0 aromatic heterocycles. The quantitative estimate of drug-likeness (QED) is 0.0369. The molecule has 1 heterocycles. The van der Waals surface area contributed by atoms with Gasteiger partial charge in [0, 0.05) is 22.3 Å². The molecule has 0 N–H and O–H groups in total. The van der Waals surface area contributed by atoms with Crippen LogP contribution in [0.3, 0.4) is 0 Å². The molecule has 3 rings (SSSR count). The summed E-state index contributed by atoms with van der Waals surface area (Å²) in [5.41, 5.74) is 26.1. The Balaban J connectivity index is 0.00000414. The standard InChI is InChI=1S/C56H92N2.2BrH.Ni/c1-7-13-19-23-27-31-35-47-41-48(36-32-28-24-20-14-8-2)44-51(43-47)55-53(39-17-11-5)54(40-18-12-6)56(58(55)57)52-45-49(37-33-29-25-21-15-9-3)42-50(46-52)38-34-30-26-22-16-10-4;;;/h41-46H,7-40H2,1-6H3;2*1H;/q;;;+2/p-2. The van der Waals surface area contributed by atoms with Gasteiger partial charge in [0.25, 0.3) is 0 Å². The number of allylic oxidation sites excluding steroid dienone is 2. The molecule has 2 nitrogen and oxygen atoms in total. The van der Waals surface area contributed by atoms with Crippen molar-refractivity contribution < 1.29 is 15.6 Å². The summed E-state index contributed by atoms with van der Waals surface area (Å²) in [5, 5.41) is 0. The van der Waals surface area contributed by atoms with E-state index in [-0.39, 0.29) is 0 Å². The molecule has 0 atom stereocenters. The summed E-state index contributed by atoms with van der Waals surface area (Å²) >= 11 is 6.00. The number of nitrogens with zero attached hydrogens (tertiary/aromatic N) is 2. The molecule has 0 amide bonds. The number of aryl methyl sites for hydroxylation is 4. The Hall–Kier alpha value is -1.03. The fourth-order valence-electron chi connectivity index (χ4n) is 9.31. The fourth-order valence-corrected chi connectivity index (χ4v) is 9.31. The van der Waals surface area contributed by atoms with Crippen molar-refractivity contribution in [3.63, 3.8) is 0 Å². The van der Waals surface area contributed by atoms with Gasteiger partial charge in [0.05, 0.1) is 0 Å². The maximum absolute atomic E-state index is 12.8. The van der Waals surface area contributed by atoms with Crippen molar-refractivity contribution in [2.24, 2.45) is 0 Å². The van der Waals surface area contributed by atoms with Crippen molar-refractivity contribution in [2.45, 2.75) is 260 Å². The van der Waals surface area contributed by atoms with Gasteiger partial charge in [0.2, 0.25) is 11.4 Å². The average molecular weight is 1010 g/mol. The molecule has 1 aliphatic rings. The Kier molecular flexibility index (Phi) is 34.2. The Bertz CT molecular complexity index is 1330. The van der Waals surface area contributed by atoms with Gasteiger partial charge >= 0.3 is 39.3 Å². The normalized spacial score (nSPS) is 12.9. The monoisotopic (exact) mass is 1010 g/mol. The molecule has 0 unspecified atom stereocenters. The SMILES string of the molecule is CCCCCCCCc1cc(CCCCCCCC)cc(C2=C(CCCC)C(CCCC)=C(c3cc(CCCCCCCC)cc(CCCCCCCC)c3)[N+]2=[N-])c1.[Br][Ni][Br]. The molecule has 5 heteroatoms. The van der Waals surface area contributed by atoms with Gasteiger partial charge in [-0.25, -0.2) is 4.70 Å². The molecule has 0 fully saturated rings. The van der Waals surface area contributed by atoms with Crippen LogP contribution in [0.15, 0.2) is 47.5 Å². The van der Waals surface area contributed by atoms with E-state index in [0.29, 0.717) is 0 Å². The van der Waals surface area contributed by atoms with Crippen LogP contribution in [0.4, 0.5) is 0 Å². The summed E-state index contributed by atoms with van der Waals surface area (Å²) < 4.78 is 1.70. The zero-order chi connectivity index (χ0) is 44.3. The van der Waals surface area contributed by atoms with E-state index in [1.165, 1.54) is 210 Å². The molecule has 61 heavy (non-hydrogen) atoms. The minimum absolute atomic E-state index is 1.03. The van der Waals surface area contributed by atoms with E-state index in [2.05, 4.69) is 106 Å². The van der Waals surface area contributed by atoms with Crippen molar-refractivity contribution >= 4 is 39.8 Å². The topological polar surface area (TPSA) is 25.3 Å². The van der Waals surface area contributed by atoms with E-state index in [9.17, 15) is 5.53 Å². The molecule has 0 bridgehead atoms. The number of rotatable bonds is 36. The predicted molar refractivity (Wildman–Crippen MR) is 276 cm³/mol. The molecule has 2 aromatic rings. The van der Waals surface area contributed by atoms with Crippen LogP contribution in [-0.4, -0.2) is 4.70 Å². The number of halogens is 2. The maximum atomic E-state index is 12.8. The molecule has 0 radical (unpaired) electrons. The summed E-state index contributed by atoms with van der Waals surface area (Å²) in [6, 6.07) is 14.9. The third kappa shape index (κ3) is 23.1. The van der Waals surface area contributed by atoms with Crippen LogP contribution in [0.5, 0.6) is 0 Å². The molecule has 0 saturated carbocycles. The van der Waals surface area contributed by atoms with Gasteiger partial charge in [-0.15, -0.1) is 0 Å². The van der Waals surface area contributed by atoms with Crippen LogP contribution >= 0.6 is 28.5 Å². The molecular weight excluding hydrogens is 919 g/mol. The third-order valence-corrected chi connectivity index (χ3v) is 12.8. The first-order valence-electron chi connectivity index (χ1n) is 26.0. The third-order valence-electron chi connectivity index (χ3n) is 12.8. The van der Waals surface area contributed by atoms with E-state index in [1.54, 1.807) is 4.70 Å². The van der Waals surface area contributed by atoms with Crippen molar-refractivity contribution in [3.8, 4) is 0 Å². The Morgan fingerprint density at radius 3 is 0.820 bits per heavy atom. The Labute approximate surface area is 399 Å². The van der Waals surface area contributed by atoms with Gasteiger partial charge in [0.1, 0.15) is 0 Å². The first-order chi connectivity index (χ1) is 29.9. The molecule has 0 spiro atoms. The number of unbranched alkanes of at least 4 members (excludes halogenated alkanes) is 22. The van der Waals surface area contributed by atoms with Crippen LogP contribution in [-0.2, 0) is 36.6 Å². The second kappa shape index (κ2) is 37.2. The zero-order valence-electron chi connectivity index (χ0n) is 40.5. The molecule has 2 aromatic carbocycles. The summed E-state index contributed by atoms with van der Waals surface area (Å²) in [4.78, 5) is 0. The van der Waals surface area contributed by atoms with Crippen molar-refractivity contribution in [1.29, 1.82) is 0 Å². The van der Waals surface area contributed by atoms with E-state index < -0.39 is 0 Å². The first kappa shape index (κ1) is 56.1. The first-order valence-corrected chi connectivity index (χ1v) is 30.8. The van der Waals surface area contributed by atoms with Crippen molar-refractivity contribution in [1.82, 2.24) is 0 Å². The molecule has 350 valence electrons. The molecule has 0 aliphatic carbocycles. The van der Waals surface area contributed by atoms with Gasteiger partial charge in [-0.05, 0) is 124 Å². The van der Waals surface area contributed by atoms with Gasteiger partial charge in [0.15, 0.2) is 0 Å². The number of hydrogen-bond donors (Lipinski definition) is 0. The van der Waals surface area contributed by atoms with Gasteiger partial charge in [-0.3, -0.25) is 0 Å². The van der Waals surface area contributed by atoms with Gasteiger partial charge < -0.3 is 5.53 Å². The second-order valence-corrected chi connectivity index (χ2v) is 23.3. The van der Waals surface area contributed by atoms with E-state index in [4.69, 9.17) is 0 Å². The minimum atomic E-state index is 1.03. The second-order valence-electron chi connectivity index (χ2n) is 18.4. The number of hydrogen-bond acceptors (Lipinski definition) is 0. The zero-order valence-corrected chi connectivity index (χ0v) is 44.6. The van der Waals surface area contributed by atoms with E-state index >= 15 is 0 Å². The van der Waals surface area contributed by atoms with Crippen LogP contribution in [0, 0.1) is 0 Å². The molecular formula is C56H92Br2N2Ni. The van der Waals surface area contributed by atoms with E-state index in [1.807, 2.05) is 0 Å².